The molecule has 0 radical (unpaired) electrons. The number of aryl methyl sites for hydroxylation is 1. The van der Waals surface area contributed by atoms with Crippen LogP contribution in [0, 0.1) is 11.8 Å². The predicted octanol–water partition coefficient (Wildman–Crippen LogP) is 7.69. The standard InChI is InChI=1S/C61H78N8O4/c70-53-16-19-55-45(39-53)12-17-54(43-6-2-1-3-7-43)59(55)44-10-13-49(14-11-44)65-26-22-50(23-27-65)67-34-30-63(31-35-67)40-46-8-4-5-9-47(46)41-64-32-36-68(37-33-64)51-24-28-66(29-25-51)52-15-18-56-48(38-52)42-69(61(56)73)57-20-21-58(71)62-60(57)72/h1-3,6-7,10-11,13-16,18-19,38-39,46-47,50-51,54,57,59,70H,4-5,8-9,12,17,20-37,40-42H2,(H,62,71,72)/t46-,47-,54-,57?,59+/m1/s1. The van der Waals surface area contributed by atoms with Gasteiger partial charge < -0.3 is 29.6 Å². The number of aromatic hydroxyl groups is 1. The van der Waals surface area contributed by atoms with Crippen molar-refractivity contribution in [2.45, 2.75) is 114 Å². The van der Waals surface area contributed by atoms with E-state index in [1.165, 1.54) is 138 Å². The first kappa shape index (κ1) is 48.7. The Hall–Kier alpha value is -5.27. The second kappa shape index (κ2) is 21.5. The van der Waals surface area contributed by atoms with Crippen molar-refractivity contribution in [1.29, 1.82) is 0 Å². The number of phenolic OH excluding ortho intramolecular Hbond substituents is 1. The van der Waals surface area contributed by atoms with Crippen LogP contribution in [-0.4, -0.2) is 157 Å². The van der Waals surface area contributed by atoms with Crippen LogP contribution in [0.25, 0.3) is 0 Å². The second-order valence-electron chi connectivity index (χ2n) is 23.2. The molecular formula is C61H78N8O4. The lowest BCUT2D eigenvalue weighted by Gasteiger charge is -2.46. The summed E-state index contributed by atoms with van der Waals surface area (Å²) < 4.78 is 0. The van der Waals surface area contributed by atoms with Gasteiger partial charge in [0, 0.05) is 140 Å². The maximum absolute atomic E-state index is 13.3. The van der Waals surface area contributed by atoms with Crippen LogP contribution in [0.1, 0.15) is 121 Å². The molecule has 5 saturated heterocycles. The highest BCUT2D eigenvalue weighted by atomic mass is 16.3. The maximum Gasteiger partial charge on any atom is 0.255 e. The van der Waals surface area contributed by atoms with E-state index in [-0.39, 0.29) is 30.1 Å². The molecule has 1 unspecified atom stereocenters. The van der Waals surface area contributed by atoms with Crippen LogP contribution in [0.2, 0.25) is 0 Å². The van der Waals surface area contributed by atoms with Crippen LogP contribution in [0.5, 0.6) is 5.75 Å². The summed E-state index contributed by atoms with van der Waals surface area (Å²) in [5.41, 5.74) is 9.62. The van der Waals surface area contributed by atoms with Crippen molar-refractivity contribution in [2.75, 3.05) is 101 Å². The van der Waals surface area contributed by atoms with E-state index in [0.29, 0.717) is 42.3 Å². The van der Waals surface area contributed by atoms with E-state index in [9.17, 15) is 19.5 Å². The Morgan fingerprint density at radius 2 is 1.14 bits per heavy atom. The zero-order valence-corrected chi connectivity index (χ0v) is 43.1. The quantitative estimate of drug-likeness (QED) is 0.146. The first-order chi connectivity index (χ1) is 35.8. The third kappa shape index (κ3) is 10.4. The summed E-state index contributed by atoms with van der Waals surface area (Å²) in [7, 11) is 0. The summed E-state index contributed by atoms with van der Waals surface area (Å²) in [6.45, 7) is 16.8. The normalized spacial score (nSPS) is 27.5. The van der Waals surface area contributed by atoms with Gasteiger partial charge in [-0.05, 0) is 146 Å². The summed E-state index contributed by atoms with van der Waals surface area (Å²) >= 11 is 0. The molecule has 8 aliphatic rings. The molecule has 12 nitrogen and oxygen atoms in total. The van der Waals surface area contributed by atoms with Gasteiger partial charge in [0.15, 0.2) is 0 Å². The van der Waals surface area contributed by atoms with Crippen molar-refractivity contribution < 1.29 is 19.5 Å². The summed E-state index contributed by atoms with van der Waals surface area (Å²) in [6.07, 6.45) is 13.1. The van der Waals surface area contributed by atoms with Gasteiger partial charge in [-0.3, -0.25) is 29.5 Å². The third-order valence-corrected chi connectivity index (χ3v) is 19.1. The molecule has 386 valence electrons. The van der Waals surface area contributed by atoms with E-state index >= 15 is 0 Å². The van der Waals surface area contributed by atoms with E-state index < -0.39 is 6.04 Å². The van der Waals surface area contributed by atoms with E-state index in [0.717, 1.165) is 69.3 Å². The Bertz CT molecular complexity index is 2580. The fourth-order valence-corrected chi connectivity index (χ4v) is 15.0. The number of benzene rings is 4. The van der Waals surface area contributed by atoms with Crippen molar-refractivity contribution in [3.63, 3.8) is 0 Å². The van der Waals surface area contributed by atoms with Crippen LogP contribution in [0.4, 0.5) is 11.4 Å². The minimum absolute atomic E-state index is 0.104. The van der Waals surface area contributed by atoms with E-state index in [4.69, 9.17) is 0 Å². The van der Waals surface area contributed by atoms with Gasteiger partial charge in [-0.1, -0.05) is 61.4 Å². The molecule has 4 aromatic carbocycles. The summed E-state index contributed by atoms with van der Waals surface area (Å²) in [6, 6.07) is 33.5. The van der Waals surface area contributed by atoms with Crippen molar-refractivity contribution in [3.8, 4) is 5.75 Å². The first-order valence-corrected chi connectivity index (χ1v) is 28.4. The highest BCUT2D eigenvalue weighted by Gasteiger charge is 2.40. The molecule has 3 amide bonds. The van der Waals surface area contributed by atoms with Crippen molar-refractivity contribution >= 4 is 29.1 Å². The molecule has 6 heterocycles. The molecule has 6 aliphatic heterocycles. The number of carbonyl (C=O) groups excluding carboxylic acids is 3. The number of piperidine rings is 3. The van der Waals surface area contributed by atoms with Gasteiger partial charge in [0.25, 0.3) is 5.91 Å². The fraction of sp³-hybridized carbons (Fsp3) is 0.557. The lowest BCUT2D eigenvalue weighted by molar-refractivity contribution is -0.136. The van der Waals surface area contributed by atoms with Gasteiger partial charge >= 0.3 is 0 Å². The number of fused-ring (bicyclic) bond motifs is 2. The molecule has 0 spiro atoms. The van der Waals surface area contributed by atoms with Crippen LogP contribution in [0.15, 0.2) is 91.0 Å². The molecule has 2 aliphatic carbocycles. The van der Waals surface area contributed by atoms with E-state index in [2.05, 4.69) is 108 Å². The monoisotopic (exact) mass is 987 g/mol. The maximum atomic E-state index is 13.3. The van der Waals surface area contributed by atoms with Crippen molar-refractivity contribution in [3.05, 3.63) is 124 Å². The SMILES string of the molecule is O=C1CCC(N2Cc3cc(N4CCC(N5CCN(C[C@H]6CCCC[C@@H]6CN6CCN(C7CCN(c8ccc([C@@H]9c%10ccc(O)cc%10CC[C@@H]9c9ccccc9)cc8)CC7)CC6)CC5)CC4)ccc3C2=O)C(=O)N1. The number of amides is 3. The lowest BCUT2D eigenvalue weighted by atomic mass is 9.69. The fourth-order valence-electron chi connectivity index (χ4n) is 15.0. The Kier molecular flexibility index (Phi) is 14.3. The zero-order chi connectivity index (χ0) is 49.4. The van der Waals surface area contributed by atoms with E-state index in [1.807, 2.05) is 18.2 Å². The largest absolute Gasteiger partial charge is 0.508 e. The minimum atomic E-state index is -0.576. The number of rotatable bonds is 11. The Morgan fingerprint density at radius 1 is 0.534 bits per heavy atom. The topological polar surface area (TPSA) is 106 Å². The lowest BCUT2D eigenvalue weighted by Crippen LogP contribution is -2.55. The molecule has 73 heavy (non-hydrogen) atoms. The number of piperazine rings is 2. The number of imide groups is 1. The molecular weight excluding hydrogens is 909 g/mol. The molecule has 4 aromatic rings. The molecule has 1 saturated carbocycles. The number of hydrogen-bond acceptors (Lipinski definition) is 10. The second-order valence-corrected chi connectivity index (χ2v) is 23.2. The predicted molar refractivity (Wildman–Crippen MR) is 288 cm³/mol. The van der Waals surface area contributed by atoms with Gasteiger partial charge in [-0.25, -0.2) is 0 Å². The molecule has 5 atom stereocenters. The van der Waals surface area contributed by atoms with Gasteiger partial charge in [0.2, 0.25) is 11.8 Å². The number of anilines is 2. The molecule has 0 aromatic heterocycles. The Labute approximate surface area is 433 Å². The van der Waals surface area contributed by atoms with Crippen LogP contribution in [-0.2, 0) is 22.6 Å². The van der Waals surface area contributed by atoms with Crippen LogP contribution < -0.4 is 15.1 Å². The first-order valence-electron chi connectivity index (χ1n) is 28.4. The van der Waals surface area contributed by atoms with Crippen molar-refractivity contribution in [2.24, 2.45) is 11.8 Å². The smallest absolute Gasteiger partial charge is 0.255 e. The molecule has 12 rings (SSSR count). The highest BCUT2D eigenvalue weighted by Crippen LogP contribution is 2.47. The summed E-state index contributed by atoms with van der Waals surface area (Å²) in [4.78, 5) is 55.5. The number of phenols is 1. The van der Waals surface area contributed by atoms with Crippen molar-refractivity contribution in [1.82, 2.24) is 29.8 Å². The number of nitrogens with zero attached hydrogens (tertiary/aromatic N) is 7. The molecule has 6 fully saturated rings. The molecule has 12 heteroatoms. The molecule has 2 N–H and O–H groups in total. The number of carbonyl (C=O) groups is 3. The number of nitrogens with one attached hydrogen (secondary N) is 1. The highest BCUT2D eigenvalue weighted by molar-refractivity contribution is 6.05. The van der Waals surface area contributed by atoms with Gasteiger partial charge in [0.1, 0.15) is 11.8 Å². The zero-order valence-electron chi connectivity index (χ0n) is 43.1. The van der Waals surface area contributed by atoms with Crippen LogP contribution in [0.3, 0.4) is 0 Å². The number of hydrogen-bond donors (Lipinski definition) is 2. The van der Waals surface area contributed by atoms with Crippen LogP contribution >= 0.6 is 0 Å². The average Bonchev–Trinajstić information content (AvgIpc) is 3.76. The average molecular weight is 987 g/mol. The van der Waals surface area contributed by atoms with Gasteiger partial charge in [-0.2, -0.15) is 0 Å². The van der Waals surface area contributed by atoms with E-state index in [1.54, 1.807) is 4.90 Å². The summed E-state index contributed by atoms with van der Waals surface area (Å²) in [5.74, 6) is 2.00. The Balaban J connectivity index is 0.571. The van der Waals surface area contributed by atoms with Gasteiger partial charge in [-0.15, -0.1) is 0 Å². The van der Waals surface area contributed by atoms with Gasteiger partial charge in [0.05, 0.1) is 0 Å². The third-order valence-electron chi connectivity index (χ3n) is 19.1. The molecule has 0 bridgehead atoms. The summed E-state index contributed by atoms with van der Waals surface area (Å²) in [5, 5.41) is 12.7. The minimum Gasteiger partial charge on any atom is -0.508 e. The Morgan fingerprint density at radius 3 is 1.75 bits per heavy atom.